The van der Waals surface area contributed by atoms with E-state index in [1.54, 1.807) is 0 Å². The lowest BCUT2D eigenvalue weighted by molar-refractivity contribution is 0.0900. The molecule has 0 radical (unpaired) electrons. The van der Waals surface area contributed by atoms with Crippen LogP contribution in [0.3, 0.4) is 0 Å². The zero-order valence-electron chi connectivity index (χ0n) is 38.9. The normalized spacial score (nSPS) is 20.9. The highest BCUT2D eigenvalue weighted by molar-refractivity contribution is 8.00. The first-order valence-electron chi connectivity index (χ1n) is 25.1. The molecule has 2 saturated heterocycles. The van der Waals surface area contributed by atoms with Crippen molar-refractivity contribution in [3.05, 3.63) is 181 Å². The summed E-state index contributed by atoms with van der Waals surface area (Å²) in [5.74, 6) is 1.77. The van der Waals surface area contributed by atoms with Gasteiger partial charge in [0.05, 0.1) is 0 Å². The Morgan fingerprint density at radius 1 is 0.397 bits per heavy atom. The Balaban J connectivity index is 1.01. The van der Waals surface area contributed by atoms with Crippen molar-refractivity contribution in [3.63, 3.8) is 0 Å². The van der Waals surface area contributed by atoms with Crippen molar-refractivity contribution >= 4 is 115 Å². The summed E-state index contributed by atoms with van der Waals surface area (Å²) in [6, 6.07) is 68.7. The zero-order valence-corrected chi connectivity index (χ0v) is 39.8. The summed E-state index contributed by atoms with van der Waals surface area (Å²) in [6.45, 7) is 7.19. The molecule has 0 atom stereocenters. The van der Waals surface area contributed by atoms with Crippen LogP contribution in [0.2, 0.25) is 0 Å². The van der Waals surface area contributed by atoms with Crippen molar-refractivity contribution in [2.45, 2.75) is 80.2 Å². The van der Waals surface area contributed by atoms with Crippen molar-refractivity contribution in [2.75, 3.05) is 19.6 Å². The predicted octanol–water partition coefficient (Wildman–Crippen LogP) is 11.6. The standard InChI is InChI=1S/C61H52B2N4S/c1-61(2,3)40-32-54-60-58(33-40)68-57-37-53-49(36-50(57)63(60)48-24-14-16-26-52(48)65(54)41-17-7-4-8-18-41)62-47-23-13-15-25-51(47)66(42-19-9-5-10-20-42)55-34-46(64-44-28-38-27-39(30-44)31-45(64)29-38)35-56(59(55)62)67(53)43-21-11-6-12-22-43/h4-26,32-39,44-45H,27-31H2,1-3H3. The van der Waals surface area contributed by atoms with Crippen molar-refractivity contribution < 1.29 is 0 Å². The average molecular weight is 895 g/mol. The molecule has 7 heteroatoms. The predicted molar refractivity (Wildman–Crippen MR) is 289 cm³/mol. The second-order valence-electron chi connectivity index (χ2n) is 21.7. The second kappa shape index (κ2) is 14.5. The molecule has 2 aliphatic carbocycles. The lowest BCUT2D eigenvalue weighted by atomic mass is 9.31. The van der Waals surface area contributed by atoms with Crippen LogP contribution in [0.15, 0.2) is 186 Å². The van der Waals surface area contributed by atoms with Crippen molar-refractivity contribution in [2.24, 2.45) is 11.8 Å². The summed E-state index contributed by atoms with van der Waals surface area (Å²) in [5, 5.41) is 0. The summed E-state index contributed by atoms with van der Waals surface area (Å²) in [7, 11) is 0. The largest absolute Gasteiger partial charge is 0.365 e. The maximum absolute atomic E-state index is 2.91. The van der Waals surface area contributed by atoms with Gasteiger partial charge >= 0.3 is 0 Å². The van der Waals surface area contributed by atoms with Gasteiger partial charge in [-0.2, -0.15) is 0 Å². The molecular weight excluding hydrogens is 842 g/mol. The molecule has 16 rings (SSSR count). The van der Waals surface area contributed by atoms with E-state index >= 15 is 0 Å². The van der Waals surface area contributed by atoms with Gasteiger partial charge in [0.25, 0.3) is 6.71 Å². The van der Waals surface area contributed by atoms with Crippen LogP contribution >= 0.6 is 11.8 Å². The molecule has 0 aromatic heterocycles. The maximum Gasteiger partial charge on any atom is 0.252 e. The van der Waals surface area contributed by atoms with Gasteiger partial charge < -0.3 is 19.6 Å². The second-order valence-corrected chi connectivity index (χ2v) is 22.8. The third-order valence-electron chi connectivity index (χ3n) is 16.8. The van der Waals surface area contributed by atoms with E-state index in [0.29, 0.717) is 12.1 Å². The van der Waals surface area contributed by atoms with Crippen LogP contribution in [0.25, 0.3) is 0 Å². The molecular formula is C61H52B2N4S. The zero-order chi connectivity index (χ0) is 45.0. The number of anilines is 10. The quantitative estimate of drug-likeness (QED) is 0.163. The van der Waals surface area contributed by atoms with E-state index in [9.17, 15) is 0 Å². The van der Waals surface area contributed by atoms with Gasteiger partial charge in [-0.1, -0.05) is 135 Å². The average Bonchev–Trinajstić information content (AvgIpc) is 3.35. The minimum absolute atomic E-state index is 0.0322. The van der Waals surface area contributed by atoms with Gasteiger partial charge in [-0.3, -0.25) is 0 Å². The van der Waals surface area contributed by atoms with Gasteiger partial charge in [0.15, 0.2) is 0 Å². The van der Waals surface area contributed by atoms with Crippen LogP contribution in [-0.4, -0.2) is 25.5 Å². The van der Waals surface area contributed by atoms with E-state index in [1.807, 2.05) is 11.8 Å². The molecule has 8 aliphatic rings. The Kier molecular flexibility index (Phi) is 8.40. The topological polar surface area (TPSA) is 13.0 Å². The third kappa shape index (κ3) is 5.66. The molecule has 8 aromatic rings. The fourth-order valence-electron chi connectivity index (χ4n) is 14.2. The van der Waals surface area contributed by atoms with E-state index < -0.39 is 0 Å². The molecule has 2 saturated carbocycles. The first-order chi connectivity index (χ1) is 33.3. The van der Waals surface area contributed by atoms with Gasteiger partial charge in [0.1, 0.15) is 0 Å². The van der Waals surface area contributed by atoms with Crippen molar-refractivity contribution in [1.29, 1.82) is 0 Å². The van der Waals surface area contributed by atoms with Gasteiger partial charge in [0, 0.05) is 78.7 Å². The lowest BCUT2D eigenvalue weighted by Crippen LogP contribution is -2.64. The number of piperidine rings is 2. The first kappa shape index (κ1) is 39.4. The van der Waals surface area contributed by atoms with Gasteiger partial charge in [-0.25, -0.2) is 0 Å². The molecule has 0 N–H and O–H groups in total. The van der Waals surface area contributed by atoms with E-state index in [2.05, 4.69) is 216 Å². The lowest BCUT2D eigenvalue weighted by Gasteiger charge is -2.58. The molecule has 0 amide bonds. The third-order valence-corrected chi connectivity index (χ3v) is 18.0. The number of fused-ring (bicyclic) bond motifs is 8. The van der Waals surface area contributed by atoms with Gasteiger partial charge in [-0.15, -0.1) is 0 Å². The molecule has 8 aromatic carbocycles. The van der Waals surface area contributed by atoms with E-state index in [4.69, 9.17) is 0 Å². The minimum atomic E-state index is -0.0322. The molecule has 0 spiro atoms. The van der Waals surface area contributed by atoms with Crippen molar-refractivity contribution in [3.8, 4) is 0 Å². The number of hydrogen-bond acceptors (Lipinski definition) is 5. The highest BCUT2D eigenvalue weighted by Gasteiger charge is 2.50. The summed E-state index contributed by atoms with van der Waals surface area (Å²) >= 11 is 1.98. The molecule has 0 unspecified atom stereocenters. The van der Waals surface area contributed by atoms with Gasteiger partial charge in [0.2, 0.25) is 6.71 Å². The Morgan fingerprint density at radius 3 is 1.40 bits per heavy atom. The molecule has 328 valence electrons. The minimum Gasteiger partial charge on any atom is -0.365 e. The molecule has 6 heterocycles. The maximum atomic E-state index is 2.91. The number of nitrogens with zero attached hydrogens (tertiary/aromatic N) is 4. The molecule has 68 heavy (non-hydrogen) atoms. The van der Waals surface area contributed by atoms with E-state index in [1.165, 1.54) is 137 Å². The monoisotopic (exact) mass is 894 g/mol. The summed E-state index contributed by atoms with van der Waals surface area (Å²) in [6.07, 6.45) is 6.76. The highest BCUT2D eigenvalue weighted by Crippen LogP contribution is 2.54. The van der Waals surface area contributed by atoms with Crippen LogP contribution < -0.4 is 52.4 Å². The van der Waals surface area contributed by atoms with Crippen LogP contribution in [0.4, 0.5) is 56.9 Å². The Labute approximate surface area is 405 Å². The Hall–Kier alpha value is -6.56. The SMILES string of the molecule is CC(C)(C)c1cc2c3c(c1)N(c1ccccc1)c1ccccc1B3c1cc3c(cc1S2)N(c1ccccc1)c1cc(N2C4CC5CC(C4)CC2C5)cc2c1B3c1ccccc1N2c1ccccc1. The Morgan fingerprint density at radius 2 is 0.868 bits per heavy atom. The first-order valence-corrected chi connectivity index (χ1v) is 25.9. The molecule has 4 bridgehead atoms. The van der Waals surface area contributed by atoms with Crippen molar-refractivity contribution in [1.82, 2.24) is 0 Å². The number of rotatable bonds is 4. The van der Waals surface area contributed by atoms with E-state index in [-0.39, 0.29) is 18.8 Å². The summed E-state index contributed by atoms with van der Waals surface area (Å²) in [5.41, 5.74) is 22.4. The fourth-order valence-corrected chi connectivity index (χ4v) is 15.4. The van der Waals surface area contributed by atoms with Crippen LogP contribution in [0.1, 0.15) is 58.4 Å². The van der Waals surface area contributed by atoms with Gasteiger partial charge in [-0.05, 0) is 161 Å². The molecule has 4 nitrogen and oxygen atoms in total. The fraction of sp³-hybridized carbons (Fsp3) is 0.213. The number of hydrogen-bond donors (Lipinski definition) is 0. The molecule has 6 aliphatic heterocycles. The number of para-hydroxylation sites is 5. The Bertz CT molecular complexity index is 3340. The summed E-state index contributed by atoms with van der Waals surface area (Å²) in [4.78, 5) is 13.4. The number of benzene rings is 8. The van der Waals surface area contributed by atoms with Crippen LogP contribution in [0.5, 0.6) is 0 Å². The van der Waals surface area contributed by atoms with Crippen LogP contribution in [-0.2, 0) is 5.41 Å². The van der Waals surface area contributed by atoms with E-state index in [0.717, 1.165) is 11.8 Å². The smallest absolute Gasteiger partial charge is 0.252 e. The van der Waals surface area contributed by atoms with Crippen LogP contribution in [0, 0.1) is 11.8 Å². The highest BCUT2D eigenvalue weighted by atomic mass is 32.2. The summed E-state index contributed by atoms with van der Waals surface area (Å²) < 4.78 is 0. The molecule has 4 fully saturated rings.